The van der Waals surface area contributed by atoms with Gasteiger partial charge in [-0.1, -0.05) is 0 Å². The van der Waals surface area contributed by atoms with Crippen LogP contribution < -0.4 is 21.5 Å². The van der Waals surface area contributed by atoms with Crippen LogP contribution >= 0.6 is 0 Å². The van der Waals surface area contributed by atoms with Crippen LogP contribution in [-0.2, 0) is 0 Å². The van der Waals surface area contributed by atoms with Crippen molar-refractivity contribution in [3.8, 4) is 5.69 Å². The second kappa shape index (κ2) is 5.97. The molecule has 0 spiro atoms. The number of benzene rings is 1. The van der Waals surface area contributed by atoms with Crippen LogP contribution in [-0.4, -0.2) is 40.5 Å². The molecule has 1 aromatic heterocycles. The SMILES string of the molecule is Nc1c2c(cc(=O)n1-c1ccc(N3CCCC3)c(C(=O)O)c1)C(=O)NC2=O. The summed E-state index contributed by atoms with van der Waals surface area (Å²) < 4.78 is 1.04. The number of rotatable bonds is 3. The Morgan fingerprint density at radius 3 is 2.44 bits per heavy atom. The summed E-state index contributed by atoms with van der Waals surface area (Å²) in [6.07, 6.45) is 1.97. The van der Waals surface area contributed by atoms with Gasteiger partial charge >= 0.3 is 5.97 Å². The Bertz CT molecular complexity index is 1070. The number of nitrogen functional groups attached to an aromatic ring is 1. The summed E-state index contributed by atoms with van der Waals surface area (Å²) in [5.41, 5.74) is 6.05. The molecule has 2 aromatic rings. The fraction of sp³-hybridized carbons (Fsp3) is 0.222. The lowest BCUT2D eigenvalue weighted by molar-refractivity contribution is 0.0696. The first-order valence-corrected chi connectivity index (χ1v) is 8.42. The van der Waals surface area contributed by atoms with Crippen molar-refractivity contribution in [3.63, 3.8) is 0 Å². The molecule has 138 valence electrons. The highest BCUT2D eigenvalue weighted by Crippen LogP contribution is 2.29. The highest BCUT2D eigenvalue weighted by atomic mass is 16.4. The smallest absolute Gasteiger partial charge is 0.337 e. The summed E-state index contributed by atoms with van der Waals surface area (Å²) in [7, 11) is 0. The predicted molar refractivity (Wildman–Crippen MR) is 96.7 cm³/mol. The van der Waals surface area contributed by atoms with E-state index in [1.807, 2.05) is 4.90 Å². The average Bonchev–Trinajstić information content (AvgIpc) is 3.23. The van der Waals surface area contributed by atoms with E-state index in [0.717, 1.165) is 36.6 Å². The third-order valence-corrected chi connectivity index (χ3v) is 4.87. The molecule has 9 nitrogen and oxygen atoms in total. The second-order valence-corrected chi connectivity index (χ2v) is 6.48. The van der Waals surface area contributed by atoms with Crippen LogP contribution in [0.3, 0.4) is 0 Å². The molecule has 2 amide bonds. The highest BCUT2D eigenvalue weighted by molar-refractivity contribution is 6.23. The molecule has 0 saturated carbocycles. The molecule has 1 fully saturated rings. The quantitative estimate of drug-likeness (QED) is 0.675. The van der Waals surface area contributed by atoms with Crippen LogP contribution in [0.5, 0.6) is 0 Å². The lowest BCUT2D eigenvalue weighted by Crippen LogP contribution is -2.25. The zero-order valence-electron chi connectivity index (χ0n) is 14.2. The molecular formula is C18H16N4O5. The number of nitrogens with two attached hydrogens (primary N) is 1. The fourth-order valence-electron chi connectivity index (χ4n) is 3.61. The summed E-state index contributed by atoms with van der Waals surface area (Å²) >= 11 is 0. The Hall–Kier alpha value is -3.62. The fourth-order valence-corrected chi connectivity index (χ4v) is 3.61. The number of carboxylic acids is 1. The predicted octanol–water partition coefficient (Wildman–Crippen LogP) is 0.602. The van der Waals surface area contributed by atoms with E-state index in [1.165, 1.54) is 6.07 Å². The van der Waals surface area contributed by atoms with E-state index >= 15 is 0 Å². The number of anilines is 2. The lowest BCUT2D eigenvalue weighted by atomic mass is 10.1. The molecule has 0 unspecified atom stereocenters. The summed E-state index contributed by atoms with van der Waals surface area (Å²) in [4.78, 5) is 50.0. The van der Waals surface area contributed by atoms with Crippen molar-refractivity contribution >= 4 is 29.3 Å². The van der Waals surface area contributed by atoms with Crippen molar-refractivity contribution in [2.75, 3.05) is 23.7 Å². The maximum absolute atomic E-state index is 12.5. The molecule has 0 aliphatic carbocycles. The molecule has 2 aliphatic rings. The number of aromatic nitrogens is 1. The molecular weight excluding hydrogens is 352 g/mol. The van der Waals surface area contributed by atoms with Gasteiger partial charge in [0.2, 0.25) is 0 Å². The molecule has 4 rings (SSSR count). The first kappa shape index (κ1) is 16.8. The Balaban J connectivity index is 1.90. The van der Waals surface area contributed by atoms with Crippen LogP contribution in [0.15, 0.2) is 29.1 Å². The Morgan fingerprint density at radius 2 is 1.78 bits per heavy atom. The molecule has 4 N–H and O–H groups in total. The van der Waals surface area contributed by atoms with Crippen molar-refractivity contribution in [3.05, 3.63) is 51.3 Å². The van der Waals surface area contributed by atoms with E-state index in [2.05, 4.69) is 5.32 Å². The molecule has 9 heteroatoms. The van der Waals surface area contributed by atoms with Gasteiger partial charge in [0, 0.05) is 19.2 Å². The lowest BCUT2D eigenvalue weighted by Gasteiger charge is -2.21. The zero-order valence-corrected chi connectivity index (χ0v) is 14.2. The number of carbonyl (C=O) groups is 3. The number of hydrogen-bond donors (Lipinski definition) is 3. The minimum absolute atomic E-state index is 0.0433. The monoisotopic (exact) mass is 368 g/mol. The second-order valence-electron chi connectivity index (χ2n) is 6.48. The number of hydrogen-bond acceptors (Lipinski definition) is 6. The van der Waals surface area contributed by atoms with Gasteiger partial charge in [0.05, 0.1) is 28.1 Å². The topological polar surface area (TPSA) is 135 Å². The van der Waals surface area contributed by atoms with Gasteiger partial charge in [0.1, 0.15) is 5.82 Å². The molecule has 0 radical (unpaired) electrons. The standard InChI is InChI=1S/C18H16N4O5/c19-15-14-11(16(24)20-17(14)25)8-13(23)22(15)9-3-4-12(10(7-9)18(26)27)21-5-1-2-6-21/h3-4,7-8H,1-2,5-6,19H2,(H,26,27)(H,20,24,25). The highest BCUT2D eigenvalue weighted by Gasteiger charge is 2.32. The van der Waals surface area contributed by atoms with E-state index in [1.54, 1.807) is 12.1 Å². The van der Waals surface area contributed by atoms with E-state index in [9.17, 15) is 24.3 Å². The number of nitrogens with one attached hydrogen (secondary N) is 1. The maximum Gasteiger partial charge on any atom is 0.337 e. The zero-order chi connectivity index (χ0) is 19.3. The minimum Gasteiger partial charge on any atom is -0.478 e. The molecule has 0 atom stereocenters. The summed E-state index contributed by atoms with van der Waals surface area (Å²) in [5, 5.41) is 11.7. The van der Waals surface area contributed by atoms with Crippen molar-refractivity contribution in [2.45, 2.75) is 12.8 Å². The maximum atomic E-state index is 12.5. The number of imide groups is 1. The minimum atomic E-state index is -1.13. The normalized spacial score (nSPS) is 15.8. The number of carbonyl (C=O) groups excluding carboxylic acids is 2. The van der Waals surface area contributed by atoms with Gasteiger partial charge < -0.3 is 15.7 Å². The van der Waals surface area contributed by atoms with Crippen molar-refractivity contribution in [1.29, 1.82) is 0 Å². The Kier molecular flexibility index (Phi) is 3.72. The first-order chi connectivity index (χ1) is 12.9. The number of carboxylic acid groups (broad SMARTS) is 1. The van der Waals surface area contributed by atoms with Crippen LogP contribution in [0.1, 0.15) is 43.9 Å². The number of pyridine rings is 1. The Morgan fingerprint density at radius 1 is 1.07 bits per heavy atom. The Labute approximate surface area is 153 Å². The molecule has 0 bridgehead atoms. The summed E-state index contributed by atoms with van der Waals surface area (Å²) in [6, 6.07) is 5.60. The van der Waals surface area contributed by atoms with E-state index in [0.29, 0.717) is 5.69 Å². The van der Waals surface area contributed by atoms with Gasteiger partial charge in [-0.2, -0.15) is 0 Å². The van der Waals surface area contributed by atoms with Gasteiger partial charge in [-0.25, -0.2) is 4.79 Å². The molecule has 2 aliphatic heterocycles. The van der Waals surface area contributed by atoms with Gasteiger partial charge in [-0.3, -0.25) is 24.3 Å². The van der Waals surface area contributed by atoms with Gasteiger partial charge in [0.15, 0.2) is 0 Å². The van der Waals surface area contributed by atoms with Crippen LogP contribution in [0.25, 0.3) is 5.69 Å². The number of aromatic carboxylic acids is 1. The van der Waals surface area contributed by atoms with Crippen molar-refractivity contribution in [2.24, 2.45) is 0 Å². The number of nitrogens with zero attached hydrogens (tertiary/aromatic N) is 2. The van der Waals surface area contributed by atoms with E-state index in [4.69, 9.17) is 5.73 Å². The van der Waals surface area contributed by atoms with E-state index in [-0.39, 0.29) is 28.2 Å². The van der Waals surface area contributed by atoms with Gasteiger partial charge in [0.25, 0.3) is 17.4 Å². The van der Waals surface area contributed by atoms with E-state index < -0.39 is 23.3 Å². The number of fused-ring (bicyclic) bond motifs is 1. The largest absolute Gasteiger partial charge is 0.478 e. The van der Waals surface area contributed by atoms with Crippen LogP contribution in [0.4, 0.5) is 11.5 Å². The molecule has 3 heterocycles. The third-order valence-electron chi connectivity index (χ3n) is 4.87. The van der Waals surface area contributed by atoms with Crippen LogP contribution in [0.2, 0.25) is 0 Å². The van der Waals surface area contributed by atoms with Gasteiger partial charge in [-0.15, -0.1) is 0 Å². The first-order valence-electron chi connectivity index (χ1n) is 8.42. The van der Waals surface area contributed by atoms with Gasteiger partial charge in [-0.05, 0) is 31.0 Å². The van der Waals surface area contributed by atoms with Crippen LogP contribution in [0, 0.1) is 0 Å². The third kappa shape index (κ3) is 2.55. The van der Waals surface area contributed by atoms with Crippen molar-refractivity contribution in [1.82, 2.24) is 9.88 Å². The molecule has 1 saturated heterocycles. The molecule has 1 aromatic carbocycles. The average molecular weight is 368 g/mol. The molecule has 27 heavy (non-hydrogen) atoms. The number of amides is 2. The van der Waals surface area contributed by atoms with Crippen molar-refractivity contribution < 1.29 is 19.5 Å². The summed E-state index contributed by atoms with van der Waals surface area (Å²) in [6.45, 7) is 1.53. The summed E-state index contributed by atoms with van der Waals surface area (Å²) in [5.74, 6) is -2.69.